The van der Waals surface area contributed by atoms with Gasteiger partial charge in [-0.05, 0) is 38.3 Å². The molecular formula is C12H17NO. The highest BCUT2D eigenvalue weighted by molar-refractivity contribution is 5.46. The fourth-order valence-corrected chi connectivity index (χ4v) is 2.41. The molecule has 14 heavy (non-hydrogen) atoms. The molecule has 1 aliphatic carbocycles. The second-order valence-corrected chi connectivity index (χ2v) is 4.76. The maximum atomic E-state index is 9.81. The molecule has 1 aromatic rings. The summed E-state index contributed by atoms with van der Waals surface area (Å²) in [5, 5.41) is 9.81. The van der Waals surface area contributed by atoms with Gasteiger partial charge in [-0.2, -0.15) is 0 Å². The van der Waals surface area contributed by atoms with Crippen molar-refractivity contribution in [3.05, 3.63) is 29.3 Å². The number of hydrogen-bond acceptors (Lipinski definition) is 2. The molecule has 0 aromatic heterocycles. The maximum Gasteiger partial charge on any atom is 0.119 e. The van der Waals surface area contributed by atoms with E-state index in [-0.39, 0.29) is 5.54 Å². The molecule has 1 unspecified atom stereocenters. The van der Waals surface area contributed by atoms with Gasteiger partial charge in [0.05, 0.1) is 0 Å². The van der Waals surface area contributed by atoms with Gasteiger partial charge in [-0.1, -0.05) is 12.1 Å². The summed E-state index contributed by atoms with van der Waals surface area (Å²) < 4.78 is 0. The highest BCUT2D eigenvalue weighted by atomic mass is 16.3. The molecule has 1 aliphatic rings. The second-order valence-electron chi connectivity index (χ2n) is 4.76. The van der Waals surface area contributed by atoms with E-state index in [4.69, 9.17) is 5.73 Å². The van der Waals surface area contributed by atoms with Crippen LogP contribution in [0.15, 0.2) is 18.2 Å². The van der Waals surface area contributed by atoms with Crippen molar-refractivity contribution >= 4 is 0 Å². The molecule has 2 rings (SSSR count). The topological polar surface area (TPSA) is 46.2 Å². The van der Waals surface area contributed by atoms with Gasteiger partial charge in [0.25, 0.3) is 0 Å². The van der Waals surface area contributed by atoms with E-state index in [1.807, 2.05) is 19.9 Å². The van der Waals surface area contributed by atoms with E-state index in [9.17, 15) is 5.11 Å². The van der Waals surface area contributed by atoms with Crippen molar-refractivity contribution in [1.29, 1.82) is 0 Å². The average Bonchev–Trinajstić information content (AvgIpc) is 2.47. The number of phenols is 1. The molecule has 0 heterocycles. The van der Waals surface area contributed by atoms with E-state index in [1.54, 1.807) is 6.07 Å². The number of rotatable bonds is 1. The molecular weight excluding hydrogens is 174 g/mol. The Labute approximate surface area is 84.7 Å². The molecule has 1 aromatic carbocycles. The zero-order valence-electron chi connectivity index (χ0n) is 8.75. The molecule has 2 nitrogen and oxygen atoms in total. The van der Waals surface area contributed by atoms with Gasteiger partial charge < -0.3 is 10.8 Å². The summed E-state index contributed by atoms with van der Waals surface area (Å²) in [7, 11) is 0. The Morgan fingerprint density at radius 1 is 1.43 bits per heavy atom. The minimum absolute atomic E-state index is 0.246. The maximum absolute atomic E-state index is 9.81. The number of nitrogens with two attached hydrogens (primary N) is 1. The van der Waals surface area contributed by atoms with Crippen LogP contribution in [0, 0.1) is 0 Å². The Hall–Kier alpha value is -1.02. The molecule has 0 amide bonds. The van der Waals surface area contributed by atoms with E-state index in [0.717, 1.165) is 18.4 Å². The first-order valence-corrected chi connectivity index (χ1v) is 5.10. The summed E-state index contributed by atoms with van der Waals surface area (Å²) in [6, 6.07) is 5.74. The summed E-state index contributed by atoms with van der Waals surface area (Å²) in [4.78, 5) is 0. The van der Waals surface area contributed by atoms with Gasteiger partial charge in [0.2, 0.25) is 0 Å². The zero-order valence-corrected chi connectivity index (χ0v) is 8.75. The van der Waals surface area contributed by atoms with Gasteiger partial charge in [-0.3, -0.25) is 0 Å². The molecule has 0 saturated carbocycles. The van der Waals surface area contributed by atoms with Gasteiger partial charge in [0, 0.05) is 17.0 Å². The van der Waals surface area contributed by atoms with Crippen LogP contribution in [0.25, 0.3) is 0 Å². The number of phenolic OH excluding ortho intramolecular Hbond substituents is 1. The van der Waals surface area contributed by atoms with E-state index in [1.165, 1.54) is 5.56 Å². The van der Waals surface area contributed by atoms with Crippen molar-refractivity contribution in [2.45, 2.75) is 38.1 Å². The molecule has 76 valence electrons. The van der Waals surface area contributed by atoms with Gasteiger partial charge in [-0.15, -0.1) is 0 Å². The smallest absolute Gasteiger partial charge is 0.119 e. The van der Waals surface area contributed by atoms with Gasteiger partial charge >= 0.3 is 0 Å². The minimum Gasteiger partial charge on any atom is -0.508 e. The third kappa shape index (κ3) is 1.40. The third-order valence-corrected chi connectivity index (χ3v) is 3.12. The van der Waals surface area contributed by atoms with E-state index < -0.39 is 0 Å². The number of aromatic hydroxyl groups is 1. The first kappa shape index (κ1) is 9.53. The average molecular weight is 191 g/mol. The van der Waals surface area contributed by atoms with Crippen molar-refractivity contribution in [3.63, 3.8) is 0 Å². The van der Waals surface area contributed by atoms with E-state index in [2.05, 4.69) is 6.07 Å². The first-order chi connectivity index (χ1) is 6.50. The van der Waals surface area contributed by atoms with Gasteiger partial charge in [-0.25, -0.2) is 0 Å². The summed E-state index contributed by atoms with van der Waals surface area (Å²) in [5.74, 6) is 0.697. The van der Waals surface area contributed by atoms with Crippen LogP contribution in [0.5, 0.6) is 5.75 Å². The zero-order chi connectivity index (χ0) is 10.3. The van der Waals surface area contributed by atoms with Gasteiger partial charge in [0.15, 0.2) is 0 Å². The second kappa shape index (κ2) is 2.99. The van der Waals surface area contributed by atoms with Crippen molar-refractivity contribution in [1.82, 2.24) is 0 Å². The highest BCUT2D eigenvalue weighted by Gasteiger charge is 2.34. The SMILES string of the molecule is CC(C)(N)C1CCc2cccc(O)c21. The first-order valence-electron chi connectivity index (χ1n) is 5.10. The molecule has 2 heteroatoms. The monoisotopic (exact) mass is 191 g/mol. The lowest BCUT2D eigenvalue weighted by atomic mass is 9.83. The van der Waals surface area contributed by atoms with Crippen LogP contribution >= 0.6 is 0 Å². The number of fused-ring (bicyclic) bond motifs is 1. The number of hydrogen-bond donors (Lipinski definition) is 2. The summed E-state index contributed by atoms with van der Waals surface area (Å²) >= 11 is 0. The van der Waals surface area contributed by atoms with Crippen LogP contribution in [-0.4, -0.2) is 10.6 Å². The molecule has 0 bridgehead atoms. The number of aryl methyl sites for hydroxylation is 1. The Kier molecular flexibility index (Phi) is 2.04. The Balaban J connectivity index is 2.48. The largest absolute Gasteiger partial charge is 0.508 e. The molecule has 0 radical (unpaired) electrons. The Bertz CT molecular complexity index is 352. The lowest BCUT2D eigenvalue weighted by Crippen LogP contribution is -2.38. The molecule has 3 N–H and O–H groups in total. The van der Waals surface area contributed by atoms with Crippen LogP contribution in [0.4, 0.5) is 0 Å². The van der Waals surface area contributed by atoms with Crippen molar-refractivity contribution in [3.8, 4) is 5.75 Å². The van der Waals surface area contributed by atoms with Crippen LogP contribution in [0.2, 0.25) is 0 Å². The van der Waals surface area contributed by atoms with Crippen LogP contribution in [0.1, 0.15) is 37.3 Å². The standard InChI is InChI=1S/C12H17NO/c1-12(2,13)9-7-6-8-4-3-5-10(14)11(8)9/h3-5,9,14H,6-7,13H2,1-2H3. The minimum atomic E-state index is -0.246. The highest BCUT2D eigenvalue weighted by Crippen LogP contribution is 2.43. The normalized spacial score (nSPS) is 20.9. The molecule has 1 atom stereocenters. The lowest BCUT2D eigenvalue weighted by Gasteiger charge is -2.28. The van der Waals surface area contributed by atoms with Crippen LogP contribution in [0.3, 0.4) is 0 Å². The predicted molar refractivity (Wildman–Crippen MR) is 57.4 cm³/mol. The molecule has 0 spiro atoms. The Morgan fingerprint density at radius 2 is 2.14 bits per heavy atom. The lowest BCUT2D eigenvalue weighted by molar-refractivity contribution is 0.391. The van der Waals surface area contributed by atoms with Gasteiger partial charge in [0.1, 0.15) is 5.75 Å². The van der Waals surface area contributed by atoms with Crippen molar-refractivity contribution in [2.24, 2.45) is 5.73 Å². The summed E-state index contributed by atoms with van der Waals surface area (Å²) in [6.45, 7) is 4.05. The molecule has 0 saturated heterocycles. The fourth-order valence-electron chi connectivity index (χ4n) is 2.41. The van der Waals surface area contributed by atoms with E-state index in [0.29, 0.717) is 11.7 Å². The third-order valence-electron chi connectivity index (χ3n) is 3.12. The molecule has 0 aliphatic heterocycles. The number of benzene rings is 1. The predicted octanol–water partition coefficient (Wildman–Crippen LogP) is 2.16. The van der Waals surface area contributed by atoms with Crippen LogP contribution < -0.4 is 5.73 Å². The quantitative estimate of drug-likeness (QED) is 0.714. The van der Waals surface area contributed by atoms with Crippen molar-refractivity contribution < 1.29 is 5.11 Å². The summed E-state index contributed by atoms with van der Waals surface area (Å²) in [6.07, 6.45) is 2.09. The van der Waals surface area contributed by atoms with E-state index >= 15 is 0 Å². The Morgan fingerprint density at radius 3 is 2.79 bits per heavy atom. The fraction of sp³-hybridized carbons (Fsp3) is 0.500. The molecule has 0 fully saturated rings. The van der Waals surface area contributed by atoms with Crippen LogP contribution in [-0.2, 0) is 6.42 Å². The summed E-state index contributed by atoms with van der Waals surface area (Å²) in [5.41, 5.74) is 8.19. The van der Waals surface area contributed by atoms with Crippen molar-refractivity contribution in [2.75, 3.05) is 0 Å².